The van der Waals surface area contributed by atoms with Crippen molar-refractivity contribution in [1.29, 1.82) is 0 Å². The fourth-order valence-electron chi connectivity index (χ4n) is 1.36. The Hall–Kier alpha value is -1.37. The SMILES string of the molecule is CCC(N)(CC)CNc1nccc(C(F)(F)F)n1. The summed E-state index contributed by atoms with van der Waals surface area (Å²) >= 11 is 0. The molecule has 1 heterocycles. The van der Waals surface area contributed by atoms with Crippen LogP contribution in [0.15, 0.2) is 12.3 Å². The largest absolute Gasteiger partial charge is 0.433 e. The lowest BCUT2D eigenvalue weighted by atomic mass is 9.94. The fraction of sp³-hybridized carbons (Fsp3) is 0.636. The molecule has 18 heavy (non-hydrogen) atoms. The summed E-state index contributed by atoms with van der Waals surface area (Å²) in [5.41, 5.74) is 4.60. The van der Waals surface area contributed by atoms with Gasteiger partial charge in [0.05, 0.1) is 0 Å². The molecule has 7 heteroatoms. The molecule has 0 atom stereocenters. The molecule has 1 aromatic rings. The number of rotatable bonds is 5. The van der Waals surface area contributed by atoms with Crippen LogP contribution in [-0.2, 0) is 6.18 Å². The minimum Gasteiger partial charge on any atom is -0.352 e. The van der Waals surface area contributed by atoms with Crippen LogP contribution in [0.1, 0.15) is 32.4 Å². The van der Waals surface area contributed by atoms with Crippen LogP contribution in [0.3, 0.4) is 0 Å². The van der Waals surface area contributed by atoms with Crippen LogP contribution in [0.25, 0.3) is 0 Å². The van der Waals surface area contributed by atoms with Crippen molar-refractivity contribution < 1.29 is 13.2 Å². The minimum absolute atomic E-state index is 0.0541. The van der Waals surface area contributed by atoms with E-state index in [0.29, 0.717) is 6.54 Å². The van der Waals surface area contributed by atoms with E-state index in [1.807, 2.05) is 13.8 Å². The monoisotopic (exact) mass is 262 g/mol. The molecule has 0 aliphatic rings. The Morgan fingerprint density at radius 3 is 2.39 bits per heavy atom. The number of nitrogens with two attached hydrogens (primary N) is 1. The van der Waals surface area contributed by atoms with E-state index in [0.717, 1.165) is 25.1 Å². The van der Waals surface area contributed by atoms with Crippen LogP contribution in [0.5, 0.6) is 0 Å². The summed E-state index contributed by atoms with van der Waals surface area (Å²) in [4.78, 5) is 7.16. The molecular weight excluding hydrogens is 245 g/mol. The fourth-order valence-corrected chi connectivity index (χ4v) is 1.36. The lowest BCUT2D eigenvalue weighted by molar-refractivity contribution is -0.141. The second-order valence-corrected chi connectivity index (χ2v) is 4.19. The predicted octanol–water partition coefficient (Wildman–Crippen LogP) is 2.42. The van der Waals surface area contributed by atoms with Gasteiger partial charge in [0.2, 0.25) is 5.95 Å². The molecule has 3 N–H and O–H groups in total. The van der Waals surface area contributed by atoms with E-state index in [-0.39, 0.29) is 5.95 Å². The van der Waals surface area contributed by atoms with Crippen molar-refractivity contribution in [3.8, 4) is 0 Å². The highest BCUT2D eigenvalue weighted by atomic mass is 19.4. The molecule has 1 aromatic heterocycles. The molecule has 0 aromatic carbocycles. The number of halogens is 3. The zero-order valence-corrected chi connectivity index (χ0v) is 10.4. The van der Waals surface area contributed by atoms with Crippen molar-refractivity contribution >= 4 is 5.95 Å². The van der Waals surface area contributed by atoms with Gasteiger partial charge >= 0.3 is 6.18 Å². The Balaban J connectivity index is 2.75. The van der Waals surface area contributed by atoms with Crippen LogP contribution in [0.2, 0.25) is 0 Å². The average Bonchev–Trinajstić information content (AvgIpc) is 2.35. The number of hydrogen-bond acceptors (Lipinski definition) is 4. The van der Waals surface area contributed by atoms with E-state index < -0.39 is 17.4 Å². The molecule has 0 amide bonds. The first kappa shape index (κ1) is 14.7. The Morgan fingerprint density at radius 1 is 1.28 bits per heavy atom. The molecule has 0 aliphatic heterocycles. The van der Waals surface area contributed by atoms with Crippen LogP contribution in [0.4, 0.5) is 19.1 Å². The van der Waals surface area contributed by atoms with Crippen LogP contribution in [0, 0.1) is 0 Å². The zero-order chi connectivity index (χ0) is 13.8. The highest BCUT2D eigenvalue weighted by Crippen LogP contribution is 2.27. The van der Waals surface area contributed by atoms with Gasteiger partial charge in [-0.2, -0.15) is 13.2 Å². The van der Waals surface area contributed by atoms with Crippen molar-refractivity contribution in [2.45, 2.75) is 38.4 Å². The van der Waals surface area contributed by atoms with Gasteiger partial charge in [0.25, 0.3) is 0 Å². The van der Waals surface area contributed by atoms with E-state index in [2.05, 4.69) is 15.3 Å². The first-order chi connectivity index (χ1) is 8.30. The van der Waals surface area contributed by atoms with Gasteiger partial charge in [-0.25, -0.2) is 9.97 Å². The Morgan fingerprint density at radius 2 is 1.89 bits per heavy atom. The van der Waals surface area contributed by atoms with E-state index in [4.69, 9.17) is 5.73 Å². The summed E-state index contributed by atoms with van der Waals surface area (Å²) in [5.74, 6) is -0.0541. The van der Waals surface area contributed by atoms with Gasteiger partial charge in [0.1, 0.15) is 5.69 Å². The summed E-state index contributed by atoms with van der Waals surface area (Å²) in [7, 11) is 0. The summed E-state index contributed by atoms with van der Waals surface area (Å²) in [6.07, 6.45) is -1.95. The van der Waals surface area contributed by atoms with E-state index in [1.165, 1.54) is 0 Å². The number of alkyl halides is 3. The van der Waals surface area contributed by atoms with Gasteiger partial charge in [-0.1, -0.05) is 13.8 Å². The van der Waals surface area contributed by atoms with Gasteiger partial charge in [0.15, 0.2) is 0 Å². The maximum Gasteiger partial charge on any atom is 0.433 e. The molecule has 0 aliphatic carbocycles. The normalized spacial score (nSPS) is 12.6. The summed E-state index contributed by atoms with van der Waals surface area (Å²) in [6.45, 7) is 4.19. The number of anilines is 1. The molecule has 4 nitrogen and oxygen atoms in total. The van der Waals surface area contributed by atoms with Crippen molar-refractivity contribution in [3.63, 3.8) is 0 Å². The van der Waals surface area contributed by atoms with Gasteiger partial charge in [-0.15, -0.1) is 0 Å². The maximum absolute atomic E-state index is 12.4. The van der Waals surface area contributed by atoms with Crippen LogP contribution in [-0.4, -0.2) is 22.1 Å². The molecule has 0 saturated heterocycles. The summed E-state index contributed by atoms with van der Waals surface area (Å²) < 4.78 is 37.3. The van der Waals surface area contributed by atoms with Gasteiger partial charge in [0, 0.05) is 18.3 Å². The van der Waals surface area contributed by atoms with Crippen molar-refractivity contribution in [2.24, 2.45) is 5.73 Å². The first-order valence-corrected chi connectivity index (χ1v) is 5.74. The molecule has 0 bridgehead atoms. The zero-order valence-electron chi connectivity index (χ0n) is 10.4. The molecule has 1 rings (SSSR count). The number of hydrogen-bond donors (Lipinski definition) is 2. The van der Waals surface area contributed by atoms with Gasteiger partial charge in [-0.05, 0) is 18.9 Å². The third kappa shape index (κ3) is 3.83. The Labute approximate surface area is 104 Å². The second-order valence-electron chi connectivity index (χ2n) is 4.19. The van der Waals surface area contributed by atoms with E-state index >= 15 is 0 Å². The lowest BCUT2D eigenvalue weighted by Crippen LogP contribution is -2.45. The first-order valence-electron chi connectivity index (χ1n) is 5.74. The molecule has 0 unspecified atom stereocenters. The maximum atomic E-state index is 12.4. The topological polar surface area (TPSA) is 63.8 Å². The molecule has 0 fully saturated rings. The molecule has 0 radical (unpaired) electrons. The lowest BCUT2D eigenvalue weighted by Gasteiger charge is -2.26. The number of aromatic nitrogens is 2. The van der Waals surface area contributed by atoms with Gasteiger partial charge in [-0.3, -0.25) is 0 Å². The summed E-state index contributed by atoms with van der Waals surface area (Å²) in [5, 5.41) is 2.75. The molecule has 0 saturated carbocycles. The Bertz CT molecular complexity index is 388. The third-order valence-corrected chi connectivity index (χ3v) is 2.95. The van der Waals surface area contributed by atoms with Crippen LogP contribution >= 0.6 is 0 Å². The average molecular weight is 262 g/mol. The van der Waals surface area contributed by atoms with Crippen molar-refractivity contribution in [1.82, 2.24) is 9.97 Å². The highest BCUT2D eigenvalue weighted by molar-refractivity contribution is 5.27. The second kappa shape index (κ2) is 5.51. The van der Waals surface area contributed by atoms with Gasteiger partial charge < -0.3 is 11.1 Å². The molecular formula is C11H17F3N4. The van der Waals surface area contributed by atoms with Crippen molar-refractivity contribution in [2.75, 3.05) is 11.9 Å². The number of nitrogens with one attached hydrogen (secondary N) is 1. The smallest absolute Gasteiger partial charge is 0.352 e. The predicted molar refractivity (Wildman–Crippen MR) is 63.0 cm³/mol. The standard InChI is InChI=1S/C11H17F3N4/c1-3-10(15,4-2)7-17-9-16-6-5-8(18-9)11(12,13)14/h5-6H,3-4,7,15H2,1-2H3,(H,16,17,18). The minimum atomic E-state index is -4.46. The molecule has 0 spiro atoms. The van der Waals surface area contributed by atoms with Crippen molar-refractivity contribution in [3.05, 3.63) is 18.0 Å². The highest BCUT2D eigenvalue weighted by Gasteiger charge is 2.32. The summed E-state index contributed by atoms with van der Waals surface area (Å²) in [6, 6.07) is 0.834. The number of nitrogens with zero attached hydrogens (tertiary/aromatic N) is 2. The van der Waals surface area contributed by atoms with E-state index in [1.54, 1.807) is 0 Å². The van der Waals surface area contributed by atoms with Crippen LogP contribution < -0.4 is 11.1 Å². The Kier molecular flexibility index (Phi) is 4.50. The van der Waals surface area contributed by atoms with E-state index in [9.17, 15) is 13.2 Å². The quantitative estimate of drug-likeness (QED) is 0.855. The molecule has 102 valence electrons. The third-order valence-electron chi connectivity index (χ3n) is 2.95.